The maximum absolute atomic E-state index is 12.3. The average Bonchev–Trinajstić information content (AvgIpc) is 4.01. The SMILES string of the molecule is O=S(=O)(O)c1cccc(-c2c3nc(c(-c4ccccc4)c4ccc([n-]4)c(-c4ccccc4)c4nc(c(-c5ccccc5)c5ccc2[n-]5)C=C4)C=C3)c1.[Zn+2]. The van der Waals surface area contributed by atoms with Crippen LogP contribution in [0, 0.1) is 0 Å². The van der Waals surface area contributed by atoms with Crippen LogP contribution in [-0.2, 0) is 29.6 Å². The molecular formula is C44H28N4O3SZn. The van der Waals surface area contributed by atoms with Gasteiger partial charge in [0.25, 0.3) is 10.1 Å². The van der Waals surface area contributed by atoms with Gasteiger partial charge in [-0.05, 0) is 80.9 Å². The van der Waals surface area contributed by atoms with E-state index in [1.807, 2.05) is 127 Å². The van der Waals surface area contributed by atoms with Gasteiger partial charge >= 0.3 is 19.5 Å². The van der Waals surface area contributed by atoms with Crippen molar-refractivity contribution in [2.24, 2.45) is 0 Å². The van der Waals surface area contributed by atoms with E-state index in [1.54, 1.807) is 12.1 Å². The van der Waals surface area contributed by atoms with Crippen molar-refractivity contribution in [1.82, 2.24) is 19.9 Å². The Balaban J connectivity index is 0.00000400. The molecule has 0 saturated carbocycles. The van der Waals surface area contributed by atoms with E-state index in [9.17, 15) is 13.0 Å². The molecule has 0 saturated heterocycles. The number of hydrogen-bond acceptors (Lipinski definition) is 4. The summed E-state index contributed by atoms with van der Waals surface area (Å²) in [6.07, 6.45) is 7.91. The van der Waals surface area contributed by atoms with Crippen molar-refractivity contribution in [2.45, 2.75) is 4.90 Å². The standard InChI is InChI=1S/C44H28N4O3S.Zn/c49-52(50,51)32-18-10-17-31(27-32)44-39-25-23-37(47-39)42(29-13-6-2-7-14-29)35-21-19-33(45-35)41(28-11-4-1-5-12-28)34-20-22-36(46-34)43(30-15-8-3-9-16-30)38-24-26-40(44)48-38;/h1-27H,(H,49,50,51);/q-2;+2. The molecule has 3 aromatic heterocycles. The molecule has 250 valence electrons. The molecule has 7 nitrogen and oxygen atoms in total. The van der Waals surface area contributed by atoms with Crippen molar-refractivity contribution in [3.8, 4) is 44.5 Å². The van der Waals surface area contributed by atoms with E-state index in [1.165, 1.54) is 12.1 Å². The smallest absolute Gasteiger partial charge is 0.657 e. The van der Waals surface area contributed by atoms with Crippen LogP contribution in [0.25, 0.3) is 90.9 Å². The van der Waals surface area contributed by atoms with Crippen molar-refractivity contribution in [2.75, 3.05) is 0 Å². The fraction of sp³-hybridized carbons (Fsp3) is 0. The molecule has 53 heavy (non-hydrogen) atoms. The van der Waals surface area contributed by atoms with Gasteiger partial charge < -0.3 is 9.97 Å². The van der Waals surface area contributed by atoms with E-state index in [2.05, 4.69) is 12.1 Å². The third-order valence-electron chi connectivity index (χ3n) is 9.22. The van der Waals surface area contributed by atoms with Crippen LogP contribution in [0.15, 0.2) is 144 Å². The summed E-state index contributed by atoms with van der Waals surface area (Å²) in [5, 5.41) is 0. The topological polar surface area (TPSA) is 108 Å². The first-order valence-electron chi connectivity index (χ1n) is 16.7. The summed E-state index contributed by atoms with van der Waals surface area (Å²) in [5.41, 5.74) is 12.3. The fourth-order valence-electron chi connectivity index (χ4n) is 6.90. The number of rotatable bonds is 5. The van der Waals surface area contributed by atoms with Gasteiger partial charge in [0.05, 0.1) is 27.7 Å². The zero-order valence-electron chi connectivity index (χ0n) is 28.3. The van der Waals surface area contributed by atoms with Gasteiger partial charge in [-0.25, -0.2) is 9.97 Å². The molecule has 2 aliphatic heterocycles. The largest absolute Gasteiger partial charge is 2.00 e. The van der Waals surface area contributed by atoms with E-state index in [0.717, 1.165) is 55.8 Å². The molecule has 4 aromatic carbocycles. The monoisotopic (exact) mass is 756 g/mol. The first-order chi connectivity index (χ1) is 25.4. The van der Waals surface area contributed by atoms with Crippen LogP contribution in [0.5, 0.6) is 0 Å². The van der Waals surface area contributed by atoms with Crippen molar-refractivity contribution in [3.05, 3.63) is 162 Å². The van der Waals surface area contributed by atoms with E-state index >= 15 is 0 Å². The normalized spacial score (nSPS) is 12.1. The second kappa shape index (κ2) is 13.9. The molecule has 8 bridgehead atoms. The van der Waals surface area contributed by atoms with Crippen LogP contribution in [-0.4, -0.2) is 22.9 Å². The number of nitrogens with zero attached hydrogens (tertiary/aromatic N) is 4. The Morgan fingerprint density at radius 1 is 0.415 bits per heavy atom. The van der Waals surface area contributed by atoms with Crippen LogP contribution < -0.4 is 9.97 Å². The predicted molar refractivity (Wildman–Crippen MR) is 208 cm³/mol. The number of benzene rings is 4. The quantitative estimate of drug-likeness (QED) is 0.138. The Morgan fingerprint density at radius 2 is 0.736 bits per heavy atom. The zero-order valence-corrected chi connectivity index (χ0v) is 32.0. The minimum Gasteiger partial charge on any atom is -0.657 e. The third kappa shape index (κ3) is 6.40. The second-order valence-electron chi connectivity index (χ2n) is 12.5. The van der Waals surface area contributed by atoms with Crippen LogP contribution in [0.1, 0.15) is 22.8 Å². The second-order valence-corrected chi connectivity index (χ2v) is 13.9. The van der Waals surface area contributed by atoms with Crippen molar-refractivity contribution in [1.29, 1.82) is 0 Å². The molecule has 5 heterocycles. The summed E-state index contributed by atoms with van der Waals surface area (Å²) < 4.78 is 34.5. The molecule has 0 unspecified atom stereocenters. The molecule has 0 fully saturated rings. The molecule has 9 rings (SSSR count). The Labute approximate surface area is 319 Å². The van der Waals surface area contributed by atoms with Crippen molar-refractivity contribution in [3.63, 3.8) is 0 Å². The molecule has 0 radical (unpaired) electrons. The Bertz CT molecular complexity index is 2830. The summed E-state index contributed by atoms with van der Waals surface area (Å²) in [6.45, 7) is 0. The van der Waals surface area contributed by atoms with Gasteiger partial charge in [-0.3, -0.25) is 4.55 Å². The Morgan fingerprint density at radius 3 is 1.08 bits per heavy atom. The average molecular weight is 758 g/mol. The molecule has 0 atom stereocenters. The van der Waals surface area contributed by atoms with Crippen LogP contribution in [0.4, 0.5) is 0 Å². The predicted octanol–water partition coefficient (Wildman–Crippen LogP) is 9.83. The summed E-state index contributed by atoms with van der Waals surface area (Å²) in [6, 6.07) is 44.3. The van der Waals surface area contributed by atoms with E-state index in [-0.39, 0.29) is 24.4 Å². The molecule has 0 aliphatic carbocycles. The minimum absolute atomic E-state index is 0. The first-order valence-corrected chi connectivity index (χ1v) is 18.1. The van der Waals surface area contributed by atoms with Crippen molar-refractivity contribution >= 4 is 56.5 Å². The Hall–Kier alpha value is -5.99. The molecule has 1 N–H and O–H groups in total. The van der Waals surface area contributed by atoms with E-state index in [4.69, 9.17) is 19.9 Å². The third-order valence-corrected chi connectivity index (χ3v) is 10.1. The van der Waals surface area contributed by atoms with Crippen molar-refractivity contribution < 1.29 is 32.4 Å². The van der Waals surface area contributed by atoms with Crippen LogP contribution in [0.3, 0.4) is 0 Å². The summed E-state index contributed by atoms with van der Waals surface area (Å²) >= 11 is 0. The molecular weight excluding hydrogens is 730 g/mol. The summed E-state index contributed by atoms with van der Waals surface area (Å²) in [7, 11) is -4.48. The van der Waals surface area contributed by atoms with Gasteiger partial charge in [-0.1, -0.05) is 127 Å². The molecule has 2 aliphatic rings. The van der Waals surface area contributed by atoms with Gasteiger partial charge in [0.15, 0.2) is 0 Å². The number of aromatic nitrogens is 4. The number of hydrogen-bond donors (Lipinski definition) is 1. The van der Waals surface area contributed by atoms with Crippen LogP contribution >= 0.6 is 0 Å². The van der Waals surface area contributed by atoms with Gasteiger partial charge in [0.2, 0.25) is 0 Å². The van der Waals surface area contributed by atoms with Crippen LogP contribution in [0.2, 0.25) is 0 Å². The summed E-state index contributed by atoms with van der Waals surface area (Å²) in [5.74, 6) is 0. The summed E-state index contributed by atoms with van der Waals surface area (Å²) in [4.78, 5) is 20.7. The molecule has 0 amide bonds. The van der Waals surface area contributed by atoms with E-state index < -0.39 is 10.1 Å². The fourth-order valence-corrected chi connectivity index (χ4v) is 7.42. The maximum Gasteiger partial charge on any atom is 2.00 e. The molecule has 0 spiro atoms. The minimum atomic E-state index is -4.48. The first kappa shape index (κ1) is 34.1. The van der Waals surface area contributed by atoms with Gasteiger partial charge in [0.1, 0.15) is 0 Å². The van der Waals surface area contributed by atoms with Gasteiger partial charge in [0, 0.05) is 0 Å². The maximum atomic E-state index is 12.3. The van der Waals surface area contributed by atoms with Gasteiger partial charge in [-0.15, -0.1) is 22.1 Å². The molecule has 9 heteroatoms. The Kier molecular flexibility index (Phi) is 8.92. The number of fused-ring (bicyclic) bond motifs is 8. The molecule has 7 aromatic rings. The van der Waals surface area contributed by atoms with Gasteiger partial charge in [-0.2, -0.15) is 8.42 Å². The van der Waals surface area contributed by atoms with E-state index in [0.29, 0.717) is 33.5 Å². The zero-order chi connectivity index (χ0) is 35.2.